The maximum atomic E-state index is 5.70. The average Bonchev–Trinajstić information content (AvgIpc) is 1.90. The summed E-state index contributed by atoms with van der Waals surface area (Å²) in [5, 5.41) is 0. The summed E-state index contributed by atoms with van der Waals surface area (Å²) in [7, 11) is 0. The number of hydrogen-bond donors (Lipinski definition) is 1. The summed E-state index contributed by atoms with van der Waals surface area (Å²) in [4.78, 5) is 0. The lowest BCUT2D eigenvalue weighted by atomic mass is 9.95. The zero-order chi connectivity index (χ0) is 6.74. The second-order valence-electron chi connectivity index (χ2n) is 2.46. The van der Waals surface area contributed by atoms with Crippen LogP contribution in [0.1, 0.15) is 12.8 Å². The van der Waals surface area contributed by atoms with Crippen molar-refractivity contribution in [3.8, 4) is 12.3 Å². The molecule has 1 heterocycles. The number of rotatable bonds is 0. The van der Waals surface area contributed by atoms with E-state index in [1.54, 1.807) is 0 Å². The minimum Gasteiger partial charge on any atom is -0.379 e. The van der Waals surface area contributed by atoms with Gasteiger partial charge in [0.25, 0.3) is 0 Å². The molecule has 0 aromatic carbocycles. The number of nitrogens with two attached hydrogens (primary N) is 1. The molecule has 1 aliphatic heterocycles. The Morgan fingerprint density at radius 2 is 2.44 bits per heavy atom. The van der Waals surface area contributed by atoms with Gasteiger partial charge in [0.05, 0.1) is 6.61 Å². The van der Waals surface area contributed by atoms with Crippen molar-refractivity contribution in [1.29, 1.82) is 0 Å². The summed E-state index contributed by atoms with van der Waals surface area (Å²) < 4.78 is 5.11. The van der Waals surface area contributed by atoms with Crippen molar-refractivity contribution < 1.29 is 4.74 Å². The predicted molar refractivity (Wildman–Crippen MR) is 35.8 cm³/mol. The van der Waals surface area contributed by atoms with Crippen molar-refractivity contribution in [2.45, 2.75) is 18.4 Å². The van der Waals surface area contributed by atoms with Crippen LogP contribution in [0.3, 0.4) is 0 Å². The van der Waals surface area contributed by atoms with Crippen molar-refractivity contribution in [1.82, 2.24) is 0 Å². The lowest BCUT2D eigenvalue weighted by Gasteiger charge is -2.27. The fourth-order valence-corrected chi connectivity index (χ4v) is 0.930. The summed E-state index contributed by atoms with van der Waals surface area (Å²) in [5.74, 6) is 2.53. The van der Waals surface area contributed by atoms with Crippen LogP contribution in [0.5, 0.6) is 0 Å². The van der Waals surface area contributed by atoms with E-state index >= 15 is 0 Å². The first-order chi connectivity index (χ1) is 4.27. The van der Waals surface area contributed by atoms with Crippen LogP contribution in [0.4, 0.5) is 0 Å². The fraction of sp³-hybridized carbons (Fsp3) is 0.714. The maximum Gasteiger partial charge on any atom is 0.101 e. The van der Waals surface area contributed by atoms with Gasteiger partial charge in [-0.05, 0) is 12.8 Å². The van der Waals surface area contributed by atoms with Gasteiger partial charge in [-0.3, -0.25) is 0 Å². The molecule has 1 saturated heterocycles. The minimum atomic E-state index is -0.474. The lowest BCUT2D eigenvalue weighted by Crippen LogP contribution is -2.45. The highest BCUT2D eigenvalue weighted by Gasteiger charge is 2.24. The standard InChI is InChI=1S/C7H11NO/c1-2-7(8)4-3-5-9-6-7/h1H,3-6,8H2. The molecule has 2 N–H and O–H groups in total. The van der Waals surface area contributed by atoms with Gasteiger partial charge in [0.2, 0.25) is 0 Å². The summed E-state index contributed by atoms with van der Waals surface area (Å²) in [6, 6.07) is 0. The topological polar surface area (TPSA) is 35.2 Å². The van der Waals surface area contributed by atoms with Crippen molar-refractivity contribution in [2.75, 3.05) is 13.2 Å². The zero-order valence-corrected chi connectivity index (χ0v) is 5.39. The van der Waals surface area contributed by atoms with E-state index in [4.69, 9.17) is 16.9 Å². The third-order valence-corrected chi connectivity index (χ3v) is 1.56. The molecular weight excluding hydrogens is 114 g/mol. The minimum absolute atomic E-state index is 0.474. The van der Waals surface area contributed by atoms with Crippen LogP contribution >= 0.6 is 0 Å². The molecule has 0 saturated carbocycles. The van der Waals surface area contributed by atoms with Crippen LogP contribution in [0, 0.1) is 12.3 Å². The summed E-state index contributed by atoms with van der Waals surface area (Å²) in [6.45, 7) is 1.32. The molecule has 0 aromatic rings. The van der Waals surface area contributed by atoms with Gasteiger partial charge in [0, 0.05) is 6.61 Å². The second kappa shape index (κ2) is 2.38. The van der Waals surface area contributed by atoms with Crippen LogP contribution in [0.2, 0.25) is 0 Å². The highest BCUT2D eigenvalue weighted by Crippen LogP contribution is 2.14. The van der Waals surface area contributed by atoms with Gasteiger partial charge >= 0.3 is 0 Å². The molecule has 1 unspecified atom stereocenters. The number of ether oxygens (including phenoxy) is 1. The van der Waals surface area contributed by atoms with E-state index in [9.17, 15) is 0 Å². The number of hydrogen-bond acceptors (Lipinski definition) is 2. The molecule has 0 spiro atoms. The Balaban J connectivity index is 2.49. The van der Waals surface area contributed by atoms with Gasteiger partial charge in [-0.2, -0.15) is 0 Å². The molecule has 0 aliphatic carbocycles. The number of terminal acetylenes is 1. The average molecular weight is 125 g/mol. The molecule has 1 fully saturated rings. The molecule has 0 aromatic heterocycles. The molecule has 9 heavy (non-hydrogen) atoms. The third-order valence-electron chi connectivity index (χ3n) is 1.56. The first-order valence-electron chi connectivity index (χ1n) is 3.11. The van der Waals surface area contributed by atoms with Gasteiger partial charge in [0.15, 0.2) is 0 Å². The van der Waals surface area contributed by atoms with Crippen molar-refractivity contribution in [3.05, 3.63) is 0 Å². The molecule has 1 atom stereocenters. The van der Waals surface area contributed by atoms with Gasteiger partial charge in [-0.25, -0.2) is 0 Å². The molecule has 0 amide bonds. The van der Waals surface area contributed by atoms with E-state index in [-0.39, 0.29) is 0 Å². The van der Waals surface area contributed by atoms with Crippen LogP contribution in [0.25, 0.3) is 0 Å². The summed E-state index contributed by atoms with van der Waals surface area (Å²) in [5.41, 5.74) is 5.22. The molecule has 50 valence electrons. The van der Waals surface area contributed by atoms with E-state index < -0.39 is 5.54 Å². The highest BCUT2D eigenvalue weighted by molar-refractivity contribution is 5.11. The first kappa shape index (κ1) is 6.60. The smallest absolute Gasteiger partial charge is 0.101 e. The van der Waals surface area contributed by atoms with Crippen molar-refractivity contribution >= 4 is 0 Å². The maximum absolute atomic E-state index is 5.70. The van der Waals surface area contributed by atoms with Crippen molar-refractivity contribution in [3.63, 3.8) is 0 Å². The largest absolute Gasteiger partial charge is 0.379 e. The van der Waals surface area contributed by atoms with E-state index in [1.165, 1.54) is 0 Å². The van der Waals surface area contributed by atoms with Crippen LogP contribution in [-0.4, -0.2) is 18.8 Å². The van der Waals surface area contributed by atoms with E-state index in [2.05, 4.69) is 5.92 Å². The lowest BCUT2D eigenvalue weighted by molar-refractivity contribution is 0.0603. The Hall–Kier alpha value is -0.520. The quantitative estimate of drug-likeness (QED) is 0.467. The molecule has 2 nitrogen and oxygen atoms in total. The van der Waals surface area contributed by atoms with Crippen molar-refractivity contribution in [2.24, 2.45) is 5.73 Å². The predicted octanol–water partition coefficient (Wildman–Crippen LogP) is 0.127. The Morgan fingerprint density at radius 3 is 2.78 bits per heavy atom. The van der Waals surface area contributed by atoms with E-state index in [1.807, 2.05) is 0 Å². The molecule has 0 bridgehead atoms. The fourth-order valence-electron chi connectivity index (χ4n) is 0.930. The normalized spacial score (nSPS) is 35.6. The highest BCUT2D eigenvalue weighted by atomic mass is 16.5. The van der Waals surface area contributed by atoms with E-state index in [0.29, 0.717) is 6.61 Å². The molecule has 2 heteroatoms. The molecule has 0 radical (unpaired) electrons. The van der Waals surface area contributed by atoms with Gasteiger partial charge < -0.3 is 10.5 Å². The Morgan fingerprint density at radius 1 is 1.67 bits per heavy atom. The Labute approximate surface area is 55.4 Å². The van der Waals surface area contributed by atoms with Crippen LogP contribution in [-0.2, 0) is 4.74 Å². The van der Waals surface area contributed by atoms with E-state index in [0.717, 1.165) is 19.4 Å². The second-order valence-corrected chi connectivity index (χ2v) is 2.46. The van der Waals surface area contributed by atoms with Gasteiger partial charge in [0.1, 0.15) is 5.54 Å². The van der Waals surface area contributed by atoms with Gasteiger partial charge in [-0.15, -0.1) is 6.42 Å². The zero-order valence-electron chi connectivity index (χ0n) is 5.39. The SMILES string of the molecule is C#CC1(N)CCCOC1. The first-order valence-corrected chi connectivity index (χ1v) is 3.11. The molecule has 1 rings (SSSR count). The van der Waals surface area contributed by atoms with Gasteiger partial charge in [-0.1, -0.05) is 5.92 Å². The Kier molecular flexibility index (Phi) is 1.75. The molecular formula is C7H11NO. The Bertz CT molecular complexity index is 130. The molecule has 1 aliphatic rings. The summed E-state index contributed by atoms with van der Waals surface area (Å²) >= 11 is 0. The van der Waals surface area contributed by atoms with Crippen LogP contribution in [0.15, 0.2) is 0 Å². The third kappa shape index (κ3) is 1.44. The summed E-state index contributed by atoms with van der Waals surface area (Å²) in [6.07, 6.45) is 7.06. The van der Waals surface area contributed by atoms with Crippen LogP contribution < -0.4 is 5.73 Å². The monoisotopic (exact) mass is 125 g/mol.